The molecule has 8 nitrogen and oxygen atoms in total. The van der Waals surface area contributed by atoms with Gasteiger partial charge in [0.15, 0.2) is 0 Å². The molecule has 2 N–H and O–H groups in total. The van der Waals surface area contributed by atoms with E-state index in [2.05, 4.69) is 0 Å². The minimum atomic E-state index is -0.674. The smallest absolute Gasteiger partial charge is 0.507 e. The van der Waals surface area contributed by atoms with Crippen molar-refractivity contribution in [1.82, 2.24) is 0 Å². The molecule has 0 amide bonds. The molecule has 41 heavy (non-hydrogen) atoms. The summed E-state index contributed by atoms with van der Waals surface area (Å²) in [6.45, 7) is 16.7. The van der Waals surface area contributed by atoms with E-state index in [1.807, 2.05) is 65.8 Å². The van der Waals surface area contributed by atoms with Gasteiger partial charge in [-0.3, -0.25) is 0 Å². The molecule has 0 spiro atoms. The molecule has 0 unspecified atom stereocenters. The first-order chi connectivity index (χ1) is 19.2. The number of aromatic hydroxyl groups is 2. The highest BCUT2D eigenvalue weighted by Crippen LogP contribution is 2.39. The minimum absolute atomic E-state index is 0.217. The van der Waals surface area contributed by atoms with Crippen molar-refractivity contribution in [2.75, 3.05) is 26.4 Å². The van der Waals surface area contributed by atoms with Crippen molar-refractivity contribution in [3.63, 3.8) is 0 Å². The summed E-state index contributed by atoms with van der Waals surface area (Å²) in [5.74, 6) is 0.433. The van der Waals surface area contributed by atoms with Gasteiger partial charge in [-0.2, -0.15) is 0 Å². The van der Waals surface area contributed by atoms with Gasteiger partial charge in [-0.25, -0.2) is 9.59 Å². The molecule has 0 radical (unpaired) electrons. The van der Waals surface area contributed by atoms with Crippen LogP contribution in [0, 0.1) is 0 Å². The lowest BCUT2D eigenvalue weighted by Crippen LogP contribution is -2.15. The fourth-order valence-corrected chi connectivity index (χ4v) is 4.61. The number of carbonyl (C=O) groups is 2. The summed E-state index contributed by atoms with van der Waals surface area (Å²) >= 11 is 0. The van der Waals surface area contributed by atoms with Crippen molar-refractivity contribution in [3.05, 3.63) is 57.6 Å². The SMILES string of the molecule is CCOC(=O)OCCCc1cc(Cc2cc(CCCOC(=O)OCC)cc(C(C)(C)C)c2O)c(O)c(C(C)(C)C)c1. The van der Waals surface area contributed by atoms with Crippen LogP contribution < -0.4 is 0 Å². The van der Waals surface area contributed by atoms with E-state index in [9.17, 15) is 19.8 Å². The van der Waals surface area contributed by atoms with Gasteiger partial charge < -0.3 is 29.2 Å². The van der Waals surface area contributed by atoms with Crippen LogP contribution in [-0.2, 0) is 49.0 Å². The summed E-state index contributed by atoms with van der Waals surface area (Å²) < 4.78 is 19.9. The third-order valence-corrected chi connectivity index (χ3v) is 6.68. The van der Waals surface area contributed by atoms with Crippen molar-refractivity contribution >= 4 is 12.3 Å². The maximum atomic E-state index is 11.5. The van der Waals surface area contributed by atoms with E-state index in [1.165, 1.54) is 0 Å². The first kappa shape index (κ1) is 33.8. The van der Waals surface area contributed by atoms with Crippen molar-refractivity contribution in [3.8, 4) is 11.5 Å². The topological polar surface area (TPSA) is 112 Å². The molecule has 0 heterocycles. The number of hydrogen-bond acceptors (Lipinski definition) is 8. The fraction of sp³-hybridized carbons (Fsp3) is 0.576. The van der Waals surface area contributed by atoms with Crippen LogP contribution in [0.2, 0.25) is 0 Å². The van der Waals surface area contributed by atoms with Crippen LogP contribution >= 0.6 is 0 Å². The zero-order valence-corrected chi connectivity index (χ0v) is 26.0. The van der Waals surface area contributed by atoms with Gasteiger partial charge in [0, 0.05) is 6.42 Å². The molecule has 0 fully saturated rings. The summed E-state index contributed by atoms with van der Waals surface area (Å²) in [4.78, 5) is 23.0. The normalized spacial score (nSPS) is 11.7. The third kappa shape index (κ3) is 10.5. The fourth-order valence-electron chi connectivity index (χ4n) is 4.61. The Balaban J connectivity index is 2.37. The van der Waals surface area contributed by atoms with Crippen LogP contribution in [-0.4, -0.2) is 49.0 Å². The third-order valence-electron chi connectivity index (χ3n) is 6.68. The molecule has 0 saturated carbocycles. The zero-order chi connectivity index (χ0) is 30.8. The van der Waals surface area contributed by atoms with Crippen LogP contribution in [0.1, 0.15) is 102 Å². The van der Waals surface area contributed by atoms with Gasteiger partial charge in [0.2, 0.25) is 0 Å². The van der Waals surface area contributed by atoms with Crippen LogP contribution in [0.25, 0.3) is 0 Å². The number of aryl methyl sites for hydroxylation is 2. The summed E-state index contributed by atoms with van der Waals surface area (Å²) in [5, 5.41) is 22.7. The predicted molar refractivity (Wildman–Crippen MR) is 159 cm³/mol. The molecule has 228 valence electrons. The number of phenolic OH excluding ortho intramolecular Hbond substituents is 2. The predicted octanol–water partition coefficient (Wildman–Crippen LogP) is 7.50. The molecular formula is C33H48O8. The Morgan fingerprint density at radius 1 is 0.634 bits per heavy atom. The monoisotopic (exact) mass is 572 g/mol. The Bertz CT molecular complexity index is 1080. The lowest BCUT2D eigenvalue weighted by Gasteiger charge is -2.25. The Hall–Kier alpha value is -3.42. The molecule has 2 rings (SSSR count). The highest BCUT2D eigenvalue weighted by atomic mass is 16.7. The molecule has 0 aliphatic heterocycles. The Labute approximate surface area is 245 Å². The van der Waals surface area contributed by atoms with E-state index >= 15 is 0 Å². The van der Waals surface area contributed by atoms with E-state index in [-0.39, 0.29) is 48.8 Å². The van der Waals surface area contributed by atoms with E-state index in [4.69, 9.17) is 18.9 Å². The Morgan fingerprint density at radius 3 is 1.32 bits per heavy atom. The zero-order valence-electron chi connectivity index (χ0n) is 26.0. The lowest BCUT2D eigenvalue weighted by atomic mass is 9.81. The van der Waals surface area contributed by atoms with E-state index in [0.717, 1.165) is 33.4 Å². The van der Waals surface area contributed by atoms with Gasteiger partial charge in [0.25, 0.3) is 0 Å². The molecule has 2 aromatic rings. The maximum absolute atomic E-state index is 11.5. The summed E-state index contributed by atoms with van der Waals surface area (Å²) in [7, 11) is 0. The number of rotatable bonds is 12. The molecule has 0 aliphatic carbocycles. The average molecular weight is 573 g/mol. The number of ether oxygens (including phenoxy) is 4. The van der Waals surface area contributed by atoms with Crippen LogP contribution in [0.3, 0.4) is 0 Å². The number of carbonyl (C=O) groups excluding carboxylic acids is 2. The average Bonchev–Trinajstić information content (AvgIpc) is 2.86. The summed E-state index contributed by atoms with van der Waals surface area (Å²) in [5.41, 5.74) is 4.48. The van der Waals surface area contributed by atoms with Gasteiger partial charge in [-0.1, -0.05) is 65.8 Å². The molecule has 0 atom stereocenters. The second-order valence-corrected chi connectivity index (χ2v) is 12.2. The standard InChI is InChI=1S/C33H48O8/c1-9-38-30(36)40-15-11-13-22-17-24(28(34)26(19-22)32(3,4)5)21-25-18-23(14-12-16-41-31(37)39-10-2)20-27(29(25)35)33(6,7)8/h17-20,34-35H,9-16,21H2,1-8H3. The van der Waals surface area contributed by atoms with E-state index in [0.29, 0.717) is 32.1 Å². The summed E-state index contributed by atoms with van der Waals surface area (Å²) in [6.07, 6.45) is 1.50. The van der Waals surface area contributed by atoms with Gasteiger partial charge in [-0.15, -0.1) is 0 Å². The van der Waals surface area contributed by atoms with Crippen molar-refractivity contribution in [2.45, 2.75) is 98.3 Å². The van der Waals surface area contributed by atoms with Gasteiger partial charge >= 0.3 is 12.3 Å². The van der Waals surface area contributed by atoms with Crippen LogP contribution in [0.4, 0.5) is 9.59 Å². The molecule has 0 aromatic heterocycles. The van der Waals surface area contributed by atoms with E-state index < -0.39 is 12.3 Å². The molecule has 0 aliphatic rings. The first-order valence-corrected chi connectivity index (χ1v) is 14.5. The van der Waals surface area contributed by atoms with Gasteiger partial charge in [-0.05, 0) is 83.7 Å². The van der Waals surface area contributed by atoms with Gasteiger partial charge in [0.05, 0.1) is 26.4 Å². The largest absolute Gasteiger partial charge is 0.508 e. The Kier molecular flexibility index (Phi) is 12.4. The highest BCUT2D eigenvalue weighted by Gasteiger charge is 2.25. The summed E-state index contributed by atoms with van der Waals surface area (Å²) in [6, 6.07) is 7.93. The van der Waals surface area contributed by atoms with E-state index in [1.54, 1.807) is 13.8 Å². The molecule has 8 heteroatoms. The second-order valence-electron chi connectivity index (χ2n) is 12.2. The molecule has 2 aromatic carbocycles. The molecule has 0 saturated heterocycles. The lowest BCUT2D eigenvalue weighted by molar-refractivity contribution is 0.0574. The highest BCUT2D eigenvalue weighted by molar-refractivity contribution is 5.60. The van der Waals surface area contributed by atoms with Crippen LogP contribution in [0.5, 0.6) is 11.5 Å². The number of phenols is 2. The Morgan fingerprint density at radius 2 is 1.00 bits per heavy atom. The number of benzene rings is 2. The second kappa shape index (κ2) is 15.0. The van der Waals surface area contributed by atoms with Crippen molar-refractivity contribution in [2.24, 2.45) is 0 Å². The number of hydrogen-bond donors (Lipinski definition) is 2. The van der Waals surface area contributed by atoms with Crippen LogP contribution in [0.15, 0.2) is 24.3 Å². The first-order valence-electron chi connectivity index (χ1n) is 14.5. The minimum Gasteiger partial charge on any atom is -0.507 e. The molecular weight excluding hydrogens is 524 g/mol. The molecule has 0 bridgehead atoms. The quantitative estimate of drug-likeness (QED) is 0.199. The van der Waals surface area contributed by atoms with Crippen molar-refractivity contribution < 1.29 is 38.7 Å². The maximum Gasteiger partial charge on any atom is 0.508 e. The van der Waals surface area contributed by atoms with Gasteiger partial charge in [0.1, 0.15) is 11.5 Å². The van der Waals surface area contributed by atoms with Crippen molar-refractivity contribution in [1.29, 1.82) is 0 Å².